The maximum Gasteiger partial charge on any atom is 0.473 e. The first kappa shape index (κ1) is 15.4. The summed E-state index contributed by atoms with van der Waals surface area (Å²) in [5, 5.41) is 3.04. The third-order valence-corrected chi connectivity index (χ3v) is 4.58. The van der Waals surface area contributed by atoms with E-state index in [0.29, 0.717) is 6.42 Å². The van der Waals surface area contributed by atoms with Crippen molar-refractivity contribution < 1.29 is 31.1 Å². The highest BCUT2D eigenvalue weighted by molar-refractivity contribution is 5.96. The number of hydrazone groups is 1. The van der Waals surface area contributed by atoms with Gasteiger partial charge >= 0.3 is 18.3 Å². The normalized spacial score (nSPS) is 34.5. The molecule has 0 spiro atoms. The SMILES string of the molecule is O=C(N1N=C(C(F)(F)F)C2CC3CC=CC3CC21)C(F)(F)F. The van der Waals surface area contributed by atoms with Crippen LogP contribution in [0.4, 0.5) is 26.3 Å². The number of allylic oxidation sites excluding steroid dienone is 2. The summed E-state index contributed by atoms with van der Waals surface area (Å²) in [7, 11) is 0. The van der Waals surface area contributed by atoms with E-state index in [0.717, 1.165) is 0 Å². The molecule has 22 heavy (non-hydrogen) atoms. The molecule has 1 amide bonds. The smallest absolute Gasteiger partial charge is 0.262 e. The van der Waals surface area contributed by atoms with Crippen LogP contribution in [0.3, 0.4) is 0 Å². The number of amides is 1. The summed E-state index contributed by atoms with van der Waals surface area (Å²) in [6.45, 7) is 0. The highest BCUT2D eigenvalue weighted by Gasteiger charge is 2.58. The summed E-state index contributed by atoms with van der Waals surface area (Å²) in [6.07, 6.45) is -5.63. The Balaban J connectivity index is 1.94. The Morgan fingerprint density at radius 2 is 1.86 bits per heavy atom. The van der Waals surface area contributed by atoms with E-state index in [1.165, 1.54) is 0 Å². The van der Waals surface area contributed by atoms with Gasteiger partial charge in [0, 0.05) is 5.92 Å². The number of hydrogen-bond donors (Lipinski definition) is 0. The van der Waals surface area contributed by atoms with Crippen molar-refractivity contribution in [3.8, 4) is 0 Å². The largest absolute Gasteiger partial charge is 0.473 e. The van der Waals surface area contributed by atoms with E-state index in [2.05, 4.69) is 5.10 Å². The molecule has 9 heteroatoms. The lowest BCUT2D eigenvalue weighted by molar-refractivity contribution is -0.188. The zero-order chi connectivity index (χ0) is 16.3. The van der Waals surface area contributed by atoms with E-state index < -0.39 is 35.9 Å². The van der Waals surface area contributed by atoms with Gasteiger partial charge in [-0.2, -0.15) is 31.4 Å². The average Bonchev–Trinajstić information content (AvgIpc) is 2.96. The summed E-state index contributed by atoms with van der Waals surface area (Å²) in [5.74, 6) is -3.61. The van der Waals surface area contributed by atoms with E-state index in [9.17, 15) is 31.1 Å². The van der Waals surface area contributed by atoms with E-state index in [4.69, 9.17) is 0 Å². The van der Waals surface area contributed by atoms with Crippen LogP contribution in [0.1, 0.15) is 19.3 Å². The maximum atomic E-state index is 13.0. The molecular weight excluding hydrogens is 314 g/mol. The molecule has 0 radical (unpaired) electrons. The lowest BCUT2D eigenvalue weighted by Crippen LogP contribution is -2.48. The molecule has 0 N–H and O–H groups in total. The summed E-state index contributed by atoms with van der Waals surface area (Å²) < 4.78 is 76.9. The van der Waals surface area contributed by atoms with E-state index in [-0.39, 0.29) is 29.7 Å². The molecule has 4 unspecified atom stereocenters. The Labute approximate surface area is 121 Å². The highest BCUT2D eigenvalue weighted by Crippen LogP contribution is 2.48. The minimum absolute atomic E-state index is 0.00979. The van der Waals surface area contributed by atoms with Crippen molar-refractivity contribution in [2.45, 2.75) is 37.7 Å². The molecule has 4 atom stereocenters. The molecule has 0 aromatic heterocycles. The number of alkyl halides is 6. The zero-order valence-corrected chi connectivity index (χ0v) is 11.2. The standard InChI is InChI=1S/C13H12F6N2O/c14-12(15,16)10-8-4-6-2-1-3-7(6)5-9(8)21(20-10)11(22)13(17,18)19/h1,3,6-9H,2,4-5H2. The van der Waals surface area contributed by atoms with Crippen LogP contribution in [0.15, 0.2) is 17.3 Å². The Kier molecular flexibility index (Phi) is 3.30. The fourth-order valence-electron chi connectivity index (χ4n) is 3.65. The molecule has 0 bridgehead atoms. The summed E-state index contributed by atoms with van der Waals surface area (Å²) >= 11 is 0. The molecular formula is C13H12F6N2O. The number of carbonyl (C=O) groups excluding carboxylic acids is 1. The van der Waals surface area contributed by atoms with Gasteiger partial charge in [-0.15, -0.1) is 0 Å². The second kappa shape index (κ2) is 4.73. The summed E-state index contributed by atoms with van der Waals surface area (Å²) in [4.78, 5) is 11.4. The molecule has 3 aliphatic rings. The number of rotatable bonds is 0. The highest BCUT2D eigenvalue weighted by atomic mass is 19.4. The van der Waals surface area contributed by atoms with Crippen LogP contribution in [0, 0.1) is 17.8 Å². The van der Waals surface area contributed by atoms with Gasteiger partial charge in [-0.3, -0.25) is 4.79 Å². The second-order valence-electron chi connectivity index (χ2n) is 5.86. The van der Waals surface area contributed by atoms with Gasteiger partial charge in [0.1, 0.15) is 5.71 Å². The molecule has 0 aromatic carbocycles. The van der Waals surface area contributed by atoms with Crippen molar-refractivity contribution in [3.05, 3.63) is 12.2 Å². The molecule has 1 fully saturated rings. The van der Waals surface area contributed by atoms with Crippen molar-refractivity contribution in [2.24, 2.45) is 22.9 Å². The van der Waals surface area contributed by atoms with E-state index >= 15 is 0 Å². The molecule has 0 saturated heterocycles. The van der Waals surface area contributed by atoms with Crippen molar-refractivity contribution in [1.29, 1.82) is 0 Å². The number of carbonyl (C=O) groups is 1. The molecule has 1 aliphatic heterocycles. The van der Waals surface area contributed by atoms with Gasteiger partial charge in [-0.25, -0.2) is 5.01 Å². The molecule has 1 heterocycles. The van der Waals surface area contributed by atoms with E-state index in [1.807, 2.05) is 12.2 Å². The number of hydrogen-bond acceptors (Lipinski definition) is 2. The molecule has 1 saturated carbocycles. The van der Waals surface area contributed by atoms with Gasteiger partial charge in [-0.1, -0.05) is 12.2 Å². The van der Waals surface area contributed by atoms with Crippen LogP contribution >= 0.6 is 0 Å². The van der Waals surface area contributed by atoms with Crippen molar-refractivity contribution in [2.75, 3.05) is 0 Å². The second-order valence-corrected chi connectivity index (χ2v) is 5.86. The fourth-order valence-corrected chi connectivity index (χ4v) is 3.65. The van der Waals surface area contributed by atoms with E-state index in [1.54, 1.807) is 0 Å². The molecule has 2 aliphatic carbocycles. The molecule has 0 aromatic rings. The van der Waals surface area contributed by atoms with Crippen molar-refractivity contribution in [3.63, 3.8) is 0 Å². The number of fused-ring (bicyclic) bond motifs is 2. The topological polar surface area (TPSA) is 32.7 Å². The van der Waals surface area contributed by atoms with Crippen LogP contribution in [-0.2, 0) is 4.79 Å². The Bertz CT molecular complexity index is 550. The van der Waals surface area contributed by atoms with Gasteiger partial charge in [-0.05, 0) is 31.1 Å². The monoisotopic (exact) mass is 326 g/mol. The van der Waals surface area contributed by atoms with Crippen LogP contribution in [-0.4, -0.2) is 35.0 Å². The first-order valence-electron chi connectivity index (χ1n) is 6.81. The first-order valence-corrected chi connectivity index (χ1v) is 6.81. The van der Waals surface area contributed by atoms with Gasteiger partial charge in [0.15, 0.2) is 0 Å². The minimum Gasteiger partial charge on any atom is -0.262 e. The summed E-state index contributed by atoms with van der Waals surface area (Å²) in [5.41, 5.74) is -1.26. The predicted octanol–water partition coefficient (Wildman–Crippen LogP) is 3.28. The van der Waals surface area contributed by atoms with Crippen LogP contribution in [0.5, 0.6) is 0 Å². The quantitative estimate of drug-likeness (QED) is 0.497. The van der Waals surface area contributed by atoms with Gasteiger partial charge < -0.3 is 0 Å². The Morgan fingerprint density at radius 1 is 1.18 bits per heavy atom. The van der Waals surface area contributed by atoms with Crippen LogP contribution in [0.25, 0.3) is 0 Å². The maximum absolute atomic E-state index is 13.0. The van der Waals surface area contributed by atoms with Crippen molar-refractivity contribution >= 4 is 11.6 Å². The number of halogens is 6. The predicted molar refractivity (Wildman–Crippen MR) is 63.6 cm³/mol. The van der Waals surface area contributed by atoms with Gasteiger partial charge in [0.2, 0.25) is 0 Å². The third-order valence-electron chi connectivity index (χ3n) is 4.58. The minimum atomic E-state index is -5.24. The molecule has 122 valence electrons. The van der Waals surface area contributed by atoms with Gasteiger partial charge in [0.25, 0.3) is 0 Å². The van der Waals surface area contributed by atoms with Crippen molar-refractivity contribution in [1.82, 2.24) is 5.01 Å². The number of nitrogens with zero attached hydrogens (tertiary/aromatic N) is 2. The summed E-state index contributed by atoms with van der Waals surface area (Å²) in [6, 6.07) is -1.17. The lowest BCUT2D eigenvalue weighted by Gasteiger charge is -2.37. The zero-order valence-electron chi connectivity index (χ0n) is 11.2. The lowest BCUT2D eigenvalue weighted by atomic mass is 9.71. The third kappa shape index (κ3) is 2.40. The fraction of sp³-hybridized carbons (Fsp3) is 0.692. The molecule has 3 rings (SSSR count). The first-order chi connectivity index (χ1) is 10.1. The molecule has 3 nitrogen and oxygen atoms in total. The average molecular weight is 326 g/mol. The van der Waals surface area contributed by atoms with Crippen LogP contribution < -0.4 is 0 Å². The van der Waals surface area contributed by atoms with Gasteiger partial charge in [0.05, 0.1) is 6.04 Å². The Hall–Kier alpha value is -1.54. The Morgan fingerprint density at radius 3 is 2.45 bits per heavy atom. The van der Waals surface area contributed by atoms with Crippen LogP contribution in [0.2, 0.25) is 0 Å².